The summed E-state index contributed by atoms with van der Waals surface area (Å²) in [5.41, 5.74) is 5.03. The van der Waals surface area contributed by atoms with Gasteiger partial charge in [-0.25, -0.2) is 9.59 Å². The van der Waals surface area contributed by atoms with Gasteiger partial charge in [0.25, 0.3) is 5.56 Å². The number of hydrogen-bond acceptors (Lipinski definition) is 5. The first kappa shape index (κ1) is 22.9. The lowest BCUT2D eigenvalue weighted by Gasteiger charge is -2.35. The van der Waals surface area contributed by atoms with Crippen molar-refractivity contribution in [1.29, 1.82) is 0 Å². The fraction of sp³-hybridized carbons (Fsp3) is 0.714. The van der Waals surface area contributed by atoms with Crippen molar-refractivity contribution in [3.8, 4) is 0 Å². The Kier molecular flexibility index (Phi) is 7.40. The minimum atomic E-state index is -0.646. The second-order valence-corrected chi connectivity index (χ2v) is 8.32. The van der Waals surface area contributed by atoms with Crippen LogP contribution in [0, 0.1) is 5.92 Å². The van der Waals surface area contributed by atoms with Gasteiger partial charge in [0.2, 0.25) is 5.91 Å². The molecule has 0 aliphatic carbocycles. The van der Waals surface area contributed by atoms with Crippen LogP contribution in [0.25, 0.3) is 0 Å². The number of piperidine rings is 1. The molecule has 0 atom stereocenters. The van der Waals surface area contributed by atoms with Gasteiger partial charge in [0.05, 0.1) is 0 Å². The van der Waals surface area contributed by atoms with Crippen LogP contribution in [0.15, 0.2) is 9.59 Å². The zero-order valence-corrected chi connectivity index (χ0v) is 18.6. The Morgan fingerprint density at radius 1 is 1.06 bits per heavy atom. The van der Waals surface area contributed by atoms with Crippen LogP contribution in [0.2, 0.25) is 0 Å². The monoisotopic (exact) mass is 434 g/mol. The molecule has 1 aromatic rings. The standard InChI is InChI=1S/C21H34N6O4/c1-3-5-12-27-17(22)16(18(28)23-20(27)30)26(4-2)19(29)15-8-13-25(14-9-15)21(31)24-10-6-7-11-24/h15H,3-14,22H2,1-2H3,(H,23,28,30). The second kappa shape index (κ2) is 10.0. The highest BCUT2D eigenvalue weighted by Gasteiger charge is 2.34. The topological polar surface area (TPSA) is 125 Å². The third-order valence-electron chi connectivity index (χ3n) is 6.29. The average molecular weight is 435 g/mol. The summed E-state index contributed by atoms with van der Waals surface area (Å²) in [7, 11) is 0. The Morgan fingerprint density at radius 2 is 1.68 bits per heavy atom. The summed E-state index contributed by atoms with van der Waals surface area (Å²) >= 11 is 0. The summed E-state index contributed by atoms with van der Waals surface area (Å²) in [4.78, 5) is 58.0. The van der Waals surface area contributed by atoms with Crippen molar-refractivity contribution < 1.29 is 9.59 Å². The van der Waals surface area contributed by atoms with Gasteiger partial charge in [0.1, 0.15) is 5.82 Å². The lowest BCUT2D eigenvalue weighted by Crippen LogP contribution is -2.49. The minimum absolute atomic E-state index is 0.0269. The number of likely N-dealkylation sites (tertiary alicyclic amines) is 2. The van der Waals surface area contributed by atoms with Gasteiger partial charge >= 0.3 is 11.7 Å². The number of nitrogen functional groups attached to an aromatic ring is 1. The van der Waals surface area contributed by atoms with Crippen LogP contribution < -0.4 is 21.9 Å². The summed E-state index contributed by atoms with van der Waals surface area (Å²) < 4.78 is 1.33. The molecule has 0 aromatic carbocycles. The fourth-order valence-corrected chi connectivity index (χ4v) is 4.45. The van der Waals surface area contributed by atoms with E-state index in [0.717, 1.165) is 38.8 Å². The molecule has 0 unspecified atom stereocenters. The van der Waals surface area contributed by atoms with Crippen molar-refractivity contribution in [3.05, 3.63) is 20.8 Å². The number of aromatic amines is 1. The molecule has 172 valence electrons. The first-order valence-electron chi connectivity index (χ1n) is 11.4. The summed E-state index contributed by atoms with van der Waals surface area (Å²) in [6.07, 6.45) is 4.78. The number of urea groups is 1. The van der Waals surface area contributed by atoms with Crippen LogP contribution >= 0.6 is 0 Å². The molecule has 10 nitrogen and oxygen atoms in total. The van der Waals surface area contributed by atoms with Gasteiger partial charge in [0.15, 0.2) is 5.69 Å². The normalized spacial score (nSPS) is 17.2. The van der Waals surface area contributed by atoms with Crippen molar-refractivity contribution in [1.82, 2.24) is 19.4 Å². The maximum atomic E-state index is 13.3. The van der Waals surface area contributed by atoms with E-state index in [0.29, 0.717) is 32.5 Å². The number of aromatic nitrogens is 2. The molecule has 2 fully saturated rings. The fourth-order valence-electron chi connectivity index (χ4n) is 4.45. The SMILES string of the molecule is CCCCn1c(N)c(N(CC)C(=O)C2CCN(C(=O)N3CCCC3)CC2)c(=O)[nH]c1=O. The number of nitrogens with one attached hydrogen (secondary N) is 1. The number of carbonyl (C=O) groups excluding carboxylic acids is 2. The molecule has 2 saturated heterocycles. The van der Waals surface area contributed by atoms with Crippen molar-refractivity contribution in [2.45, 2.75) is 58.9 Å². The predicted octanol–water partition coefficient (Wildman–Crippen LogP) is 1.20. The van der Waals surface area contributed by atoms with E-state index in [1.165, 1.54) is 9.47 Å². The van der Waals surface area contributed by atoms with Crippen molar-refractivity contribution in [3.63, 3.8) is 0 Å². The lowest BCUT2D eigenvalue weighted by atomic mass is 9.95. The Morgan fingerprint density at radius 3 is 2.26 bits per heavy atom. The van der Waals surface area contributed by atoms with Gasteiger partial charge in [-0.15, -0.1) is 0 Å². The predicted molar refractivity (Wildman–Crippen MR) is 119 cm³/mol. The molecule has 0 saturated carbocycles. The van der Waals surface area contributed by atoms with Crippen LogP contribution in [0.3, 0.4) is 0 Å². The average Bonchev–Trinajstić information content (AvgIpc) is 3.30. The van der Waals surface area contributed by atoms with E-state index < -0.39 is 11.2 Å². The number of H-pyrrole nitrogens is 1. The Labute approximate surface area is 182 Å². The van der Waals surface area contributed by atoms with Gasteiger partial charge in [-0.2, -0.15) is 0 Å². The maximum Gasteiger partial charge on any atom is 0.330 e. The van der Waals surface area contributed by atoms with Crippen molar-refractivity contribution in [2.24, 2.45) is 5.92 Å². The number of amides is 3. The van der Waals surface area contributed by atoms with Gasteiger partial charge < -0.3 is 20.4 Å². The van der Waals surface area contributed by atoms with Crippen molar-refractivity contribution in [2.75, 3.05) is 43.4 Å². The van der Waals surface area contributed by atoms with Gasteiger partial charge in [-0.1, -0.05) is 13.3 Å². The zero-order chi connectivity index (χ0) is 22.5. The first-order chi connectivity index (χ1) is 14.9. The minimum Gasteiger partial charge on any atom is -0.383 e. The highest BCUT2D eigenvalue weighted by Crippen LogP contribution is 2.25. The third kappa shape index (κ3) is 4.77. The van der Waals surface area contributed by atoms with Crippen LogP contribution in [-0.4, -0.2) is 64.0 Å². The smallest absolute Gasteiger partial charge is 0.330 e. The second-order valence-electron chi connectivity index (χ2n) is 8.32. The summed E-state index contributed by atoms with van der Waals surface area (Å²) in [5, 5.41) is 0. The lowest BCUT2D eigenvalue weighted by molar-refractivity contribution is -0.123. The zero-order valence-electron chi connectivity index (χ0n) is 18.6. The third-order valence-corrected chi connectivity index (χ3v) is 6.29. The molecule has 31 heavy (non-hydrogen) atoms. The van der Waals surface area contributed by atoms with E-state index in [1.807, 2.05) is 16.7 Å². The molecule has 2 aliphatic rings. The molecule has 0 spiro atoms. The largest absolute Gasteiger partial charge is 0.383 e. The molecule has 3 N–H and O–H groups in total. The van der Waals surface area contributed by atoms with E-state index in [9.17, 15) is 19.2 Å². The van der Waals surface area contributed by atoms with E-state index in [1.54, 1.807) is 6.92 Å². The molecule has 3 heterocycles. The van der Waals surface area contributed by atoms with E-state index in [2.05, 4.69) is 4.98 Å². The summed E-state index contributed by atoms with van der Waals surface area (Å²) in [5.74, 6) is -0.454. The van der Waals surface area contributed by atoms with Crippen LogP contribution in [0.5, 0.6) is 0 Å². The van der Waals surface area contributed by atoms with E-state index in [-0.39, 0.29) is 35.9 Å². The number of carbonyl (C=O) groups is 2. The van der Waals surface area contributed by atoms with Crippen LogP contribution in [0.4, 0.5) is 16.3 Å². The molecule has 3 rings (SSSR count). The van der Waals surface area contributed by atoms with Gasteiger partial charge in [0, 0.05) is 45.2 Å². The molecule has 3 amide bonds. The Hall–Kier alpha value is -2.78. The van der Waals surface area contributed by atoms with Crippen LogP contribution in [0.1, 0.15) is 52.4 Å². The molecule has 1 aromatic heterocycles. The molecular weight excluding hydrogens is 400 g/mol. The molecular formula is C21H34N6O4. The molecule has 0 radical (unpaired) electrons. The molecule has 0 bridgehead atoms. The summed E-state index contributed by atoms with van der Waals surface area (Å²) in [6, 6.07) is 0.0550. The quantitative estimate of drug-likeness (QED) is 0.696. The summed E-state index contributed by atoms with van der Waals surface area (Å²) in [6.45, 7) is 7.07. The Bertz CT molecular complexity index is 909. The van der Waals surface area contributed by atoms with Crippen molar-refractivity contribution >= 4 is 23.4 Å². The van der Waals surface area contributed by atoms with Gasteiger partial charge in [-0.05, 0) is 39.0 Å². The number of anilines is 2. The number of nitrogens with zero attached hydrogens (tertiary/aromatic N) is 4. The van der Waals surface area contributed by atoms with Gasteiger partial charge in [-0.3, -0.25) is 19.1 Å². The number of rotatable bonds is 6. The van der Waals surface area contributed by atoms with Crippen LogP contribution in [-0.2, 0) is 11.3 Å². The van der Waals surface area contributed by atoms with E-state index in [4.69, 9.17) is 5.73 Å². The number of nitrogens with two attached hydrogens (primary N) is 1. The highest BCUT2D eigenvalue weighted by molar-refractivity contribution is 5.97. The molecule has 10 heteroatoms. The highest BCUT2D eigenvalue weighted by atomic mass is 16.2. The molecule has 2 aliphatic heterocycles. The Balaban J connectivity index is 1.74. The first-order valence-corrected chi connectivity index (χ1v) is 11.4. The van der Waals surface area contributed by atoms with E-state index >= 15 is 0 Å². The maximum absolute atomic E-state index is 13.3. The number of hydrogen-bond donors (Lipinski definition) is 2. The number of unbranched alkanes of at least 4 members (excludes halogenated alkanes) is 1.